The maximum atomic E-state index is 12.3. The van der Waals surface area contributed by atoms with Crippen LogP contribution < -0.4 is 15.4 Å². The average molecular weight is 389 g/mol. The summed E-state index contributed by atoms with van der Waals surface area (Å²) >= 11 is 0. The number of carbonyl (C=O) groups excluding carboxylic acids is 2. The molecule has 6 nitrogen and oxygen atoms in total. The molecule has 0 aliphatic heterocycles. The Kier molecular flexibility index (Phi) is 6.95. The van der Waals surface area contributed by atoms with E-state index in [0.717, 1.165) is 12.8 Å². The molecule has 3 rings (SSSR count). The number of para-hydroxylation sites is 2. The van der Waals surface area contributed by atoms with Crippen LogP contribution in [0.1, 0.15) is 29.3 Å². The molecule has 0 fully saturated rings. The highest BCUT2D eigenvalue weighted by molar-refractivity contribution is 6.07. The number of pyridine rings is 1. The van der Waals surface area contributed by atoms with Crippen LogP contribution in [0.5, 0.6) is 5.75 Å². The van der Waals surface area contributed by atoms with Gasteiger partial charge in [0.15, 0.2) is 6.61 Å². The SMILES string of the molecule is CCCc1ccc(OCC(=O)Nc2ccccc2NC(=O)c2cccnc2)cc1. The number of aryl methyl sites for hydroxylation is 1. The Morgan fingerprint density at radius 2 is 1.66 bits per heavy atom. The lowest BCUT2D eigenvalue weighted by atomic mass is 10.1. The summed E-state index contributed by atoms with van der Waals surface area (Å²) in [6.07, 6.45) is 5.18. The number of rotatable bonds is 8. The quantitative estimate of drug-likeness (QED) is 0.602. The zero-order valence-electron chi connectivity index (χ0n) is 16.2. The molecule has 0 aliphatic rings. The standard InChI is InChI=1S/C23H23N3O3/c1-2-6-17-10-12-19(13-11-17)29-16-22(27)25-20-8-3-4-9-21(20)26-23(28)18-7-5-14-24-15-18/h3-5,7-15H,2,6,16H2,1H3,(H,25,27)(H,26,28). The molecule has 0 unspecified atom stereocenters. The van der Waals surface area contributed by atoms with Gasteiger partial charge in [0.25, 0.3) is 11.8 Å². The maximum Gasteiger partial charge on any atom is 0.262 e. The topological polar surface area (TPSA) is 80.3 Å². The van der Waals surface area contributed by atoms with Crippen molar-refractivity contribution in [2.24, 2.45) is 0 Å². The number of anilines is 2. The summed E-state index contributed by atoms with van der Waals surface area (Å²) in [5.74, 6) is 0.0205. The molecule has 148 valence electrons. The van der Waals surface area contributed by atoms with E-state index in [1.807, 2.05) is 24.3 Å². The number of aromatic nitrogens is 1. The maximum absolute atomic E-state index is 12.3. The van der Waals surface area contributed by atoms with Crippen molar-refractivity contribution in [3.8, 4) is 5.75 Å². The predicted octanol–water partition coefficient (Wildman–Crippen LogP) is 4.30. The largest absolute Gasteiger partial charge is 0.484 e. The molecule has 0 radical (unpaired) electrons. The molecule has 3 aromatic rings. The Morgan fingerprint density at radius 3 is 2.31 bits per heavy atom. The average Bonchev–Trinajstić information content (AvgIpc) is 2.75. The number of amides is 2. The Labute approximate surface area is 169 Å². The summed E-state index contributed by atoms with van der Waals surface area (Å²) in [6, 6.07) is 18.1. The van der Waals surface area contributed by atoms with Gasteiger partial charge < -0.3 is 15.4 Å². The van der Waals surface area contributed by atoms with Gasteiger partial charge >= 0.3 is 0 Å². The van der Waals surface area contributed by atoms with Crippen molar-refractivity contribution in [3.05, 3.63) is 84.2 Å². The number of nitrogens with one attached hydrogen (secondary N) is 2. The molecule has 29 heavy (non-hydrogen) atoms. The van der Waals surface area contributed by atoms with Crippen molar-refractivity contribution < 1.29 is 14.3 Å². The molecule has 6 heteroatoms. The van der Waals surface area contributed by atoms with Crippen LogP contribution in [0, 0.1) is 0 Å². The molecule has 0 spiro atoms. The van der Waals surface area contributed by atoms with Crippen LogP contribution >= 0.6 is 0 Å². The minimum Gasteiger partial charge on any atom is -0.484 e. The van der Waals surface area contributed by atoms with E-state index in [-0.39, 0.29) is 18.4 Å². The van der Waals surface area contributed by atoms with Crippen LogP contribution in [0.3, 0.4) is 0 Å². The van der Waals surface area contributed by atoms with Crippen molar-refractivity contribution in [2.75, 3.05) is 17.2 Å². The number of hydrogen-bond acceptors (Lipinski definition) is 4. The van der Waals surface area contributed by atoms with Crippen LogP contribution in [-0.2, 0) is 11.2 Å². The number of carbonyl (C=O) groups is 2. The van der Waals surface area contributed by atoms with E-state index in [1.54, 1.807) is 42.6 Å². The smallest absolute Gasteiger partial charge is 0.262 e. The summed E-state index contributed by atoms with van der Waals surface area (Å²) in [5.41, 5.74) is 2.67. The second kappa shape index (κ2) is 10.0. The summed E-state index contributed by atoms with van der Waals surface area (Å²) in [5, 5.41) is 5.56. The highest BCUT2D eigenvalue weighted by atomic mass is 16.5. The number of benzene rings is 2. The highest BCUT2D eigenvalue weighted by Gasteiger charge is 2.11. The zero-order valence-corrected chi connectivity index (χ0v) is 16.2. The normalized spacial score (nSPS) is 10.2. The zero-order chi connectivity index (χ0) is 20.5. The fourth-order valence-corrected chi connectivity index (χ4v) is 2.77. The van der Waals surface area contributed by atoms with Gasteiger partial charge in [-0.3, -0.25) is 14.6 Å². The molecule has 0 bridgehead atoms. The number of ether oxygens (including phenoxy) is 1. The Balaban J connectivity index is 1.58. The minimum atomic E-state index is -0.314. The molecule has 2 amide bonds. The van der Waals surface area contributed by atoms with E-state index in [1.165, 1.54) is 11.8 Å². The van der Waals surface area contributed by atoms with E-state index in [2.05, 4.69) is 22.5 Å². The lowest BCUT2D eigenvalue weighted by Gasteiger charge is -2.13. The third kappa shape index (κ3) is 5.90. The van der Waals surface area contributed by atoms with Gasteiger partial charge in [-0.05, 0) is 48.4 Å². The van der Waals surface area contributed by atoms with Crippen molar-refractivity contribution in [3.63, 3.8) is 0 Å². The lowest BCUT2D eigenvalue weighted by molar-refractivity contribution is -0.118. The molecule has 2 N–H and O–H groups in total. The van der Waals surface area contributed by atoms with Crippen LogP contribution in [0.2, 0.25) is 0 Å². The first-order chi connectivity index (χ1) is 14.2. The van der Waals surface area contributed by atoms with Crippen LogP contribution in [0.4, 0.5) is 11.4 Å². The molecule has 1 aromatic heterocycles. The molecular weight excluding hydrogens is 366 g/mol. The van der Waals surface area contributed by atoms with E-state index < -0.39 is 0 Å². The van der Waals surface area contributed by atoms with Gasteiger partial charge in [0.05, 0.1) is 16.9 Å². The second-order valence-electron chi connectivity index (χ2n) is 6.47. The van der Waals surface area contributed by atoms with Crippen LogP contribution in [-0.4, -0.2) is 23.4 Å². The molecule has 0 aliphatic carbocycles. The van der Waals surface area contributed by atoms with E-state index in [9.17, 15) is 9.59 Å². The fourth-order valence-electron chi connectivity index (χ4n) is 2.77. The van der Waals surface area contributed by atoms with Gasteiger partial charge in [0, 0.05) is 12.4 Å². The third-order valence-electron chi connectivity index (χ3n) is 4.21. The first-order valence-electron chi connectivity index (χ1n) is 9.47. The minimum absolute atomic E-state index is 0.127. The summed E-state index contributed by atoms with van der Waals surface area (Å²) in [6.45, 7) is 2.00. The van der Waals surface area contributed by atoms with Crippen LogP contribution in [0.25, 0.3) is 0 Å². The predicted molar refractivity (Wildman–Crippen MR) is 113 cm³/mol. The highest BCUT2D eigenvalue weighted by Crippen LogP contribution is 2.22. The van der Waals surface area contributed by atoms with Gasteiger partial charge in [-0.25, -0.2) is 0 Å². The van der Waals surface area contributed by atoms with Gasteiger partial charge in [0.1, 0.15) is 5.75 Å². The number of hydrogen-bond donors (Lipinski definition) is 2. The Hall–Kier alpha value is -3.67. The fraction of sp³-hybridized carbons (Fsp3) is 0.174. The first kappa shape index (κ1) is 20.1. The van der Waals surface area contributed by atoms with Gasteiger partial charge in [0.2, 0.25) is 0 Å². The molecule has 1 heterocycles. The van der Waals surface area contributed by atoms with E-state index in [0.29, 0.717) is 22.7 Å². The first-order valence-corrected chi connectivity index (χ1v) is 9.47. The monoisotopic (exact) mass is 389 g/mol. The van der Waals surface area contributed by atoms with Gasteiger partial charge in [-0.15, -0.1) is 0 Å². The van der Waals surface area contributed by atoms with Gasteiger partial charge in [-0.1, -0.05) is 37.6 Å². The third-order valence-corrected chi connectivity index (χ3v) is 4.21. The van der Waals surface area contributed by atoms with Crippen molar-refractivity contribution >= 4 is 23.2 Å². The van der Waals surface area contributed by atoms with E-state index in [4.69, 9.17) is 4.74 Å². The molecular formula is C23H23N3O3. The summed E-state index contributed by atoms with van der Waals surface area (Å²) in [7, 11) is 0. The molecule has 2 aromatic carbocycles. The van der Waals surface area contributed by atoms with Gasteiger partial charge in [-0.2, -0.15) is 0 Å². The Bertz CT molecular complexity index is 957. The summed E-state index contributed by atoms with van der Waals surface area (Å²) in [4.78, 5) is 28.6. The van der Waals surface area contributed by atoms with Crippen LogP contribution in [0.15, 0.2) is 73.1 Å². The van der Waals surface area contributed by atoms with Crippen molar-refractivity contribution in [1.82, 2.24) is 4.98 Å². The Morgan fingerprint density at radius 1 is 0.931 bits per heavy atom. The van der Waals surface area contributed by atoms with Crippen molar-refractivity contribution in [2.45, 2.75) is 19.8 Å². The second-order valence-corrected chi connectivity index (χ2v) is 6.47. The van der Waals surface area contributed by atoms with E-state index >= 15 is 0 Å². The number of nitrogens with zero attached hydrogens (tertiary/aromatic N) is 1. The molecule has 0 atom stereocenters. The molecule has 0 saturated heterocycles. The lowest BCUT2D eigenvalue weighted by Crippen LogP contribution is -2.21. The molecule has 0 saturated carbocycles. The van der Waals surface area contributed by atoms with Crippen molar-refractivity contribution in [1.29, 1.82) is 0 Å². The summed E-state index contributed by atoms with van der Waals surface area (Å²) < 4.78 is 5.56.